The van der Waals surface area contributed by atoms with Crippen LogP contribution in [0.15, 0.2) is 55.0 Å². The van der Waals surface area contributed by atoms with Crippen LogP contribution in [0.1, 0.15) is 31.9 Å². The minimum Gasteiger partial charge on any atom is -0.364 e. The molecule has 0 spiro atoms. The van der Waals surface area contributed by atoms with Crippen molar-refractivity contribution in [3.63, 3.8) is 0 Å². The van der Waals surface area contributed by atoms with Gasteiger partial charge < -0.3 is 5.32 Å². The van der Waals surface area contributed by atoms with Crippen LogP contribution in [0.2, 0.25) is 0 Å². The van der Waals surface area contributed by atoms with Crippen molar-refractivity contribution in [1.82, 2.24) is 19.6 Å². The molecule has 120 valence electrons. The lowest BCUT2D eigenvalue weighted by molar-refractivity contribution is 0.355. The molecule has 3 rings (SSSR count). The monoisotopic (exact) mass is 309 g/mol. The summed E-state index contributed by atoms with van der Waals surface area (Å²) < 4.78 is 3.92. The molecular formula is C18H23N5. The molecule has 23 heavy (non-hydrogen) atoms. The van der Waals surface area contributed by atoms with E-state index < -0.39 is 0 Å². The molecule has 0 amide bonds. The van der Waals surface area contributed by atoms with Crippen molar-refractivity contribution >= 4 is 5.82 Å². The molecule has 0 fully saturated rings. The number of benzene rings is 1. The second-order valence-corrected chi connectivity index (χ2v) is 6.70. The smallest absolute Gasteiger partial charge is 0.148 e. The van der Waals surface area contributed by atoms with E-state index in [0.29, 0.717) is 0 Å². The fourth-order valence-electron chi connectivity index (χ4n) is 2.33. The number of nitrogens with one attached hydrogen (secondary N) is 1. The Hall–Kier alpha value is -2.56. The molecular weight excluding hydrogens is 286 g/mol. The molecule has 0 saturated heterocycles. The van der Waals surface area contributed by atoms with E-state index in [1.54, 1.807) is 0 Å². The van der Waals surface area contributed by atoms with Crippen molar-refractivity contribution in [2.24, 2.45) is 0 Å². The Kier molecular flexibility index (Phi) is 4.19. The predicted molar refractivity (Wildman–Crippen MR) is 92.3 cm³/mol. The van der Waals surface area contributed by atoms with Gasteiger partial charge in [0.25, 0.3) is 0 Å². The van der Waals surface area contributed by atoms with E-state index >= 15 is 0 Å². The summed E-state index contributed by atoms with van der Waals surface area (Å²) in [5.41, 5.74) is 2.40. The molecule has 2 heterocycles. The van der Waals surface area contributed by atoms with Gasteiger partial charge in [0.15, 0.2) is 0 Å². The minimum atomic E-state index is 0.00944. The van der Waals surface area contributed by atoms with Crippen LogP contribution in [-0.4, -0.2) is 19.6 Å². The normalized spacial score (nSPS) is 11.6. The van der Waals surface area contributed by atoms with Crippen LogP contribution in [0.3, 0.4) is 0 Å². The van der Waals surface area contributed by atoms with Gasteiger partial charge >= 0.3 is 0 Å². The minimum absolute atomic E-state index is 0.00944. The predicted octanol–water partition coefficient (Wildman–Crippen LogP) is 3.50. The Morgan fingerprint density at radius 3 is 2.52 bits per heavy atom. The Balaban J connectivity index is 1.58. The highest BCUT2D eigenvalue weighted by Crippen LogP contribution is 2.14. The molecule has 0 atom stereocenters. The maximum absolute atomic E-state index is 4.55. The summed E-state index contributed by atoms with van der Waals surface area (Å²) in [6, 6.07) is 12.3. The Bertz CT molecular complexity index is 749. The zero-order chi connectivity index (χ0) is 16.3. The zero-order valence-electron chi connectivity index (χ0n) is 13.9. The Labute approximate surface area is 136 Å². The molecule has 0 unspecified atom stereocenters. The van der Waals surface area contributed by atoms with Crippen molar-refractivity contribution in [3.05, 3.63) is 66.1 Å². The van der Waals surface area contributed by atoms with E-state index in [1.807, 2.05) is 46.0 Å². The van der Waals surface area contributed by atoms with Gasteiger partial charge in [-0.05, 0) is 26.3 Å². The van der Waals surface area contributed by atoms with Crippen LogP contribution in [0.5, 0.6) is 0 Å². The second-order valence-electron chi connectivity index (χ2n) is 6.70. The number of anilines is 1. The number of nitrogens with zero attached hydrogens (tertiary/aromatic N) is 4. The third kappa shape index (κ3) is 4.00. The first-order chi connectivity index (χ1) is 11.0. The number of rotatable bonds is 5. The first kappa shape index (κ1) is 15.3. The topological polar surface area (TPSA) is 47.7 Å². The second kappa shape index (κ2) is 6.28. The molecule has 0 bridgehead atoms. The molecule has 0 saturated carbocycles. The standard InChI is InChI=1S/C18H23N5/c1-18(2,3)23-14-16(12-20-23)11-19-17-9-10-22(21-17)13-15-7-5-4-6-8-15/h4-10,12,14H,11,13H2,1-3H3,(H,19,21). The van der Waals surface area contributed by atoms with E-state index in [1.165, 1.54) is 5.56 Å². The molecule has 5 heteroatoms. The lowest BCUT2D eigenvalue weighted by Crippen LogP contribution is -2.21. The lowest BCUT2D eigenvalue weighted by atomic mass is 10.1. The maximum Gasteiger partial charge on any atom is 0.148 e. The molecule has 0 aliphatic rings. The van der Waals surface area contributed by atoms with E-state index in [4.69, 9.17) is 0 Å². The molecule has 0 aliphatic heterocycles. The van der Waals surface area contributed by atoms with Gasteiger partial charge in [-0.1, -0.05) is 30.3 Å². The average molecular weight is 309 g/mol. The summed E-state index contributed by atoms with van der Waals surface area (Å²) in [6.07, 6.45) is 5.97. The van der Waals surface area contributed by atoms with Crippen LogP contribution in [0.4, 0.5) is 5.82 Å². The highest BCUT2D eigenvalue weighted by Gasteiger charge is 2.13. The summed E-state index contributed by atoms with van der Waals surface area (Å²) in [4.78, 5) is 0. The summed E-state index contributed by atoms with van der Waals surface area (Å²) >= 11 is 0. The van der Waals surface area contributed by atoms with E-state index in [-0.39, 0.29) is 5.54 Å². The number of aromatic nitrogens is 4. The maximum atomic E-state index is 4.55. The van der Waals surface area contributed by atoms with Gasteiger partial charge in [-0.2, -0.15) is 10.2 Å². The summed E-state index contributed by atoms with van der Waals surface area (Å²) in [5, 5.41) is 12.3. The Morgan fingerprint density at radius 1 is 1.04 bits per heavy atom. The lowest BCUT2D eigenvalue weighted by Gasteiger charge is -2.18. The fourth-order valence-corrected chi connectivity index (χ4v) is 2.33. The fraction of sp³-hybridized carbons (Fsp3) is 0.333. The van der Waals surface area contributed by atoms with Crippen LogP contribution in [0, 0.1) is 0 Å². The largest absolute Gasteiger partial charge is 0.364 e. The summed E-state index contributed by atoms with van der Waals surface area (Å²) in [6.45, 7) is 7.93. The van der Waals surface area contributed by atoms with Crippen molar-refractivity contribution in [1.29, 1.82) is 0 Å². The molecule has 0 radical (unpaired) electrons. The van der Waals surface area contributed by atoms with Gasteiger partial charge in [0.2, 0.25) is 0 Å². The SMILES string of the molecule is CC(C)(C)n1cc(CNc2ccn(Cc3ccccc3)n2)cn1. The first-order valence-electron chi connectivity index (χ1n) is 7.86. The van der Waals surface area contributed by atoms with Crippen molar-refractivity contribution in [2.75, 3.05) is 5.32 Å². The van der Waals surface area contributed by atoms with Crippen molar-refractivity contribution in [3.8, 4) is 0 Å². The average Bonchev–Trinajstić information content (AvgIpc) is 3.15. The quantitative estimate of drug-likeness (QED) is 0.785. The Morgan fingerprint density at radius 2 is 1.83 bits per heavy atom. The van der Waals surface area contributed by atoms with Gasteiger partial charge in [-0.25, -0.2) is 0 Å². The van der Waals surface area contributed by atoms with Crippen LogP contribution in [0.25, 0.3) is 0 Å². The molecule has 3 aromatic rings. The van der Waals surface area contributed by atoms with E-state index in [0.717, 1.165) is 24.5 Å². The van der Waals surface area contributed by atoms with Crippen LogP contribution in [-0.2, 0) is 18.6 Å². The van der Waals surface area contributed by atoms with Gasteiger partial charge in [0.1, 0.15) is 5.82 Å². The van der Waals surface area contributed by atoms with Gasteiger partial charge in [0.05, 0.1) is 18.3 Å². The highest BCUT2D eigenvalue weighted by molar-refractivity contribution is 5.33. The molecule has 1 aromatic carbocycles. The molecule has 0 aliphatic carbocycles. The summed E-state index contributed by atoms with van der Waals surface area (Å²) in [5.74, 6) is 0.879. The third-order valence-electron chi connectivity index (χ3n) is 3.63. The number of hydrogen-bond acceptors (Lipinski definition) is 3. The van der Waals surface area contributed by atoms with Crippen LogP contribution < -0.4 is 5.32 Å². The van der Waals surface area contributed by atoms with Crippen molar-refractivity contribution in [2.45, 2.75) is 39.4 Å². The van der Waals surface area contributed by atoms with Crippen LogP contribution >= 0.6 is 0 Å². The molecule has 5 nitrogen and oxygen atoms in total. The van der Waals surface area contributed by atoms with E-state index in [2.05, 4.69) is 54.6 Å². The van der Waals surface area contributed by atoms with Gasteiger partial charge in [0, 0.05) is 30.6 Å². The third-order valence-corrected chi connectivity index (χ3v) is 3.63. The molecule has 2 aromatic heterocycles. The molecule has 1 N–H and O–H groups in total. The van der Waals surface area contributed by atoms with Gasteiger partial charge in [-0.15, -0.1) is 0 Å². The van der Waals surface area contributed by atoms with Gasteiger partial charge in [-0.3, -0.25) is 9.36 Å². The number of hydrogen-bond donors (Lipinski definition) is 1. The zero-order valence-corrected chi connectivity index (χ0v) is 13.9. The highest BCUT2D eigenvalue weighted by atomic mass is 15.3. The van der Waals surface area contributed by atoms with E-state index in [9.17, 15) is 0 Å². The summed E-state index contributed by atoms with van der Waals surface area (Å²) in [7, 11) is 0. The van der Waals surface area contributed by atoms with Crippen molar-refractivity contribution < 1.29 is 0 Å². The first-order valence-corrected chi connectivity index (χ1v) is 7.86.